The van der Waals surface area contributed by atoms with Gasteiger partial charge in [0.2, 0.25) is 5.91 Å². The molecule has 0 heterocycles. The van der Waals surface area contributed by atoms with Crippen LogP contribution in [0.2, 0.25) is 0 Å². The van der Waals surface area contributed by atoms with Gasteiger partial charge in [0.15, 0.2) is 0 Å². The van der Waals surface area contributed by atoms with Crippen LogP contribution in [0.1, 0.15) is 27.0 Å². The molecule has 0 saturated heterocycles. The number of primary amides is 1. The molecule has 0 aliphatic carbocycles. The van der Waals surface area contributed by atoms with Gasteiger partial charge in [-0.05, 0) is 36.2 Å². The molecule has 3 nitrogen and oxygen atoms in total. The van der Waals surface area contributed by atoms with Crippen LogP contribution in [0.3, 0.4) is 0 Å². The van der Waals surface area contributed by atoms with E-state index >= 15 is 0 Å². The van der Waals surface area contributed by atoms with E-state index in [-0.39, 0.29) is 0 Å². The van der Waals surface area contributed by atoms with Crippen molar-refractivity contribution >= 4 is 5.91 Å². The molecule has 0 spiro atoms. The smallest absolute Gasteiger partial charge is 0.248 e. The Bertz CT molecular complexity index is 671. The van der Waals surface area contributed by atoms with E-state index in [1.54, 1.807) is 12.1 Å². The average Bonchev–Trinajstić information content (AvgIpc) is 2.42. The second kappa shape index (κ2) is 6.45. The molecule has 0 bridgehead atoms. The minimum absolute atomic E-state index is 0.295. The molecular weight excluding hydrogens is 274 g/mol. The second-order valence-electron chi connectivity index (χ2n) is 4.84. The lowest BCUT2D eigenvalue weighted by Crippen LogP contribution is -2.16. The van der Waals surface area contributed by atoms with Gasteiger partial charge in [0.1, 0.15) is 11.6 Å². The van der Waals surface area contributed by atoms with Crippen molar-refractivity contribution in [2.45, 2.75) is 20.0 Å². The number of hydrogen-bond acceptors (Lipinski definition) is 2. The third kappa shape index (κ3) is 3.86. The molecule has 0 unspecified atom stereocenters. The van der Waals surface area contributed by atoms with E-state index in [2.05, 4.69) is 5.32 Å². The highest BCUT2D eigenvalue weighted by molar-refractivity contribution is 5.93. The molecule has 1 amide bonds. The predicted molar refractivity (Wildman–Crippen MR) is 76.6 cm³/mol. The number of halogens is 2. The van der Waals surface area contributed by atoms with Gasteiger partial charge < -0.3 is 11.1 Å². The van der Waals surface area contributed by atoms with Crippen LogP contribution < -0.4 is 11.1 Å². The molecule has 2 aromatic rings. The summed E-state index contributed by atoms with van der Waals surface area (Å²) in [7, 11) is 0. The minimum Gasteiger partial charge on any atom is -0.366 e. The molecule has 0 radical (unpaired) electrons. The maximum Gasteiger partial charge on any atom is 0.248 e. The number of nitrogens with one attached hydrogen (secondary N) is 1. The number of benzene rings is 2. The fourth-order valence-electron chi connectivity index (χ4n) is 2.04. The SMILES string of the molecule is Cc1cc(C(N)=O)ccc1CNCc1ccc(F)cc1F. The number of amides is 1. The van der Waals surface area contributed by atoms with Crippen LogP contribution in [0, 0.1) is 18.6 Å². The molecule has 0 saturated carbocycles. The molecule has 21 heavy (non-hydrogen) atoms. The Labute approximate surface area is 121 Å². The van der Waals surface area contributed by atoms with Gasteiger partial charge in [0.05, 0.1) is 0 Å². The van der Waals surface area contributed by atoms with Gasteiger partial charge in [-0.1, -0.05) is 12.1 Å². The van der Waals surface area contributed by atoms with Gasteiger partial charge in [-0.3, -0.25) is 4.79 Å². The van der Waals surface area contributed by atoms with Crippen molar-refractivity contribution < 1.29 is 13.6 Å². The molecule has 3 N–H and O–H groups in total. The fourth-order valence-corrected chi connectivity index (χ4v) is 2.04. The van der Waals surface area contributed by atoms with Crippen LogP contribution in [0.4, 0.5) is 8.78 Å². The van der Waals surface area contributed by atoms with E-state index in [1.807, 2.05) is 13.0 Å². The van der Waals surface area contributed by atoms with Crippen molar-refractivity contribution in [1.82, 2.24) is 5.32 Å². The fraction of sp³-hybridized carbons (Fsp3) is 0.188. The van der Waals surface area contributed by atoms with Crippen LogP contribution >= 0.6 is 0 Å². The van der Waals surface area contributed by atoms with Gasteiger partial charge in [0.25, 0.3) is 0 Å². The highest BCUT2D eigenvalue weighted by Gasteiger charge is 2.06. The van der Waals surface area contributed by atoms with Crippen LogP contribution in [-0.2, 0) is 13.1 Å². The van der Waals surface area contributed by atoms with Crippen molar-refractivity contribution in [3.8, 4) is 0 Å². The van der Waals surface area contributed by atoms with Gasteiger partial charge in [0, 0.05) is 30.3 Å². The Hall–Kier alpha value is -2.27. The van der Waals surface area contributed by atoms with E-state index in [9.17, 15) is 13.6 Å². The lowest BCUT2D eigenvalue weighted by Gasteiger charge is -2.09. The Morgan fingerprint density at radius 3 is 2.38 bits per heavy atom. The molecule has 0 aliphatic heterocycles. The van der Waals surface area contributed by atoms with E-state index in [0.717, 1.165) is 17.2 Å². The molecular formula is C16H16F2N2O. The third-order valence-electron chi connectivity index (χ3n) is 3.27. The summed E-state index contributed by atoms with van der Waals surface area (Å²) >= 11 is 0. The largest absolute Gasteiger partial charge is 0.366 e. The number of carbonyl (C=O) groups excluding carboxylic acids is 1. The first kappa shape index (κ1) is 15.1. The minimum atomic E-state index is -0.589. The molecule has 0 aliphatic rings. The number of rotatable bonds is 5. The van der Waals surface area contributed by atoms with E-state index < -0.39 is 17.5 Å². The highest BCUT2D eigenvalue weighted by atomic mass is 19.1. The summed E-state index contributed by atoms with van der Waals surface area (Å²) < 4.78 is 26.3. The molecule has 5 heteroatoms. The molecule has 2 aromatic carbocycles. The predicted octanol–water partition coefficient (Wildman–Crippen LogP) is 2.66. The zero-order valence-electron chi connectivity index (χ0n) is 11.6. The van der Waals surface area contributed by atoms with Gasteiger partial charge in [-0.15, -0.1) is 0 Å². The normalized spacial score (nSPS) is 10.6. The lowest BCUT2D eigenvalue weighted by atomic mass is 10.0. The summed E-state index contributed by atoms with van der Waals surface area (Å²) in [5.74, 6) is -1.62. The van der Waals surface area contributed by atoms with Crippen molar-refractivity contribution in [1.29, 1.82) is 0 Å². The molecule has 0 atom stereocenters. The first-order valence-corrected chi connectivity index (χ1v) is 6.51. The summed E-state index contributed by atoms with van der Waals surface area (Å²) in [5.41, 5.74) is 7.99. The van der Waals surface area contributed by atoms with Crippen molar-refractivity contribution in [2.24, 2.45) is 5.73 Å². The number of carbonyl (C=O) groups is 1. The number of nitrogens with two attached hydrogens (primary N) is 1. The van der Waals surface area contributed by atoms with Crippen molar-refractivity contribution in [3.63, 3.8) is 0 Å². The van der Waals surface area contributed by atoms with E-state index in [0.29, 0.717) is 24.2 Å². The maximum absolute atomic E-state index is 13.5. The second-order valence-corrected chi connectivity index (χ2v) is 4.84. The maximum atomic E-state index is 13.5. The average molecular weight is 290 g/mol. The quantitative estimate of drug-likeness (QED) is 0.889. The van der Waals surface area contributed by atoms with Crippen LogP contribution in [-0.4, -0.2) is 5.91 Å². The molecule has 0 aromatic heterocycles. The summed E-state index contributed by atoms with van der Waals surface area (Å²) in [5, 5.41) is 3.09. The first-order chi connectivity index (χ1) is 9.97. The topological polar surface area (TPSA) is 55.1 Å². The zero-order chi connectivity index (χ0) is 15.4. The van der Waals surface area contributed by atoms with Crippen LogP contribution in [0.5, 0.6) is 0 Å². The zero-order valence-corrected chi connectivity index (χ0v) is 11.6. The van der Waals surface area contributed by atoms with E-state index in [4.69, 9.17) is 5.73 Å². The molecule has 0 fully saturated rings. The first-order valence-electron chi connectivity index (χ1n) is 6.51. The highest BCUT2D eigenvalue weighted by Crippen LogP contribution is 2.12. The summed E-state index contributed by atoms with van der Waals surface area (Å²) in [4.78, 5) is 11.1. The van der Waals surface area contributed by atoms with Gasteiger partial charge >= 0.3 is 0 Å². The van der Waals surface area contributed by atoms with Crippen molar-refractivity contribution in [3.05, 3.63) is 70.3 Å². The molecule has 2 rings (SSSR count). The Kier molecular flexibility index (Phi) is 4.65. The summed E-state index contributed by atoms with van der Waals surface area (Å²) in [6, 6.07) is 8.70. The number of hydrogen-bond donors (Lipinski definition) is 2. The van der Waals surface area contributed by atoms with Crippen LogP contribution in [0.25, 0.3) is 0 Å². The Balaban J connectivity index is 1.99. The van der Waals surface area contributed by atoms with Gasteiger partial charge in [-0.2, -0.15) is 0 Å². The van der Waals surface area contributed by atoms with Crippen molar-refractivity contribution in [2.75, 3.05) is 0 Å². The van der Waals surface area contributed by atoms with Gasteiger partial charge in [-0.25, -0.2) is 8.78 Å². The monoisotopic (exact) mass is 290 g/mol. The Morgan fingerprint density at radius 1 is 1.10 bits per heavy atom. The molecule has 110 valence electrons. The van der Waals surface area contributed by atoms with Crippen LogP contribution in [0.15, 0.2) is 36.4 Å². The Morgan fingerprint density at radius 2 is 1.76 bits per heavy atom. The number of aryl methyl sites for hydroxylation is 1. The lowest BCUT2D eigenvalue weighted by molar-refractivity contribution is 0.1000. The summed E-state index contributed by atoms with van der Waals surface area (Å²) in [6.07, 6.45) is 0. The third-order valence-corrected chi connectivity index (χ3v) is 3.27. The standard InChI is InChI=1S/C16H16F2N2O/c1-10-6-11(16(19)21)2-3-12(10)8-20-9-13-4-5-14(17)7-15(13)18/h2-7,20H,8-9H2,1H3,(H2,19,21). The van der Waals surface area contributed by atoms with E-state index in [1.165, 1.54) is 12.1 Å². The summed E-state index contributed by atoms with van der Waals surface area (Å²) in [6.45, 7) is 2.69.